The number of carbonyl (C=O) groups excluding carboxylic acids is 2. The Balaban J connectivity index is 1.54. The van der Waals surface area contributed by atoms with Crippen LogP contribution in [-0.4, -0.2) is 44.2 Å². The van der Waals surface area contributed by atoms with Crippen LogP contribution in [0.1, 0.15) is 23.2 Å². The second kappa shape index (κ2) is 9.43. The Morgan fingerprint density at radius 3 is 2.30 bits per heavy atom. The van der Waals surface area contributed by atoms with Crippen molar-refractivity contribution in [1.82, 2.24) is 4.31 Å². The van der Waals surface area contributed by atoms with Gasteiger partial charge in [-0.25, -0.2) is 12.8 Å². The molecule has 160 valence electrons. The summed E-state index contributed by atoms with van der Waals surface area (Å²) in [6.45, 7) is -0.221. The summed E-state index contributed by atoms with van der Waals surface area (Å²) in [5.74, 6) is -2.06. The Kier molecular flexibility index (Phi) is 7.13. The fraction of sp³-hybridized carbons (Fsp3) is 0.300. The molecular weight excluding hydrogens is 456 g/mol. The molecule has 1 heterocycles. The van der Waals surface area contributed by atoms with Gasteiger partial charge < -0.3 is 4.74 Å². The molecule has 6 nitrogen and oxygen atoms in total. The number of hydrogen-bond donors (Lipinski definition) is 0. The lowest BCUT2D eigenvalue weighted by Crippen LogP contribution is -2.40. The third-order valence-corrected chi connectivity index (χ3v) is 7.28. The third kappa shape index (κ3) is 5.18. The van der Waals surface area contributed by atoms with Crippen molar-refractivity contribution in [3.05, 3.63) is 63.9 Å². The van der Waals surface area contributed by atoms with Gasteiger partial charge in [0.1, 0.15) is 5.82 Å². The fourth-order valence-corrected chi connectivity index (χ4v) is 5.12. The molecule has 2 aromatic carbocycles. The van der Waals surface area contributed by atoms with Gasteiger partial charge in [0, 0.05) is 23.7 Å². The maximum atomic E-state index is 13.0. The van der Waals surface area contributed by atoms with Gasteiger partial charge in [0.2, 0.25) is 15.8 Å². The molecule has 0 N–H and O–H groups in total. The third-order valence-electron chi connectivity index (χ3n) is 4.82. The monoisotopic (exact) mass is 473 g/mol. The highest BCUT2D eigenvalue weighted by atomic mass is 35.5. The molecule has 10 heteroatoms. The lowest BCUT2D eigenvalue weighted by atomic mass is 9.98. The van der Waals surface area contributed by atoms with Crippen molar-refractivity contribution in [1.29, 1.82) is 0 Å². The van der Waals surface area contributed by atoms with E-state index in [0.717, 1.165) is 12.1 Å². The number of hydrogen-bond acceptors (Lipinski definition) is 5. The number of ether oxygens (including phenoxy) is 1. The zero-order valence-electron chi connectivity index (χ0n) is 15.7. The number of nitrogens with zero attached hydrogens (tertiary/aromatic N) is 1. The van der Waals surface area contributed by atoms with Crippen molar-refractivity contribution in [3.63, 3.8) is 0 Å². The molecule has 0 unspecified atom stereocenters. The van der Waals surface area contributed by atoms with Crippen LogP contribution in [-0.2, 0) is 19.6 Å². The van der Waals surface area contributed by atoms with Crippen molar-refractivity contribution in [2.45, 2.75) is 17.7 Å². The first-order chi connectivity index (χ1) is 14.2. The van der Waals surface area contributed by atoms with Crippen LogP contribution in [0.4, 0.5) is 4.39 Å². The molecule has 1 aliphatic heterocycles. The van der Waals surface area contributed by atoms with Gasteiger partial charge in [0.15, 0.2) is 6.61 Å². The van der Waals surface area contributed by atoms with E-state index in [0.29, 0.717) is 5.02 Å². The summed E-state index contributed by atoms with van der Waals surface area (Å²) in [5.41, 5.74) is 0.203. The highest BCUT2D eigenvalue weighted by Crippen LogP contribution is 2.25. The summed E-state index contributed by atoms with van der Waals surface area (Å²) >= 11 is 11.8. The lowest BCUT2D eigenvalue weighted by molar-refractivity contribution is -0.148. The Morgan fingerprint density at radius 1 is 1.07 bits per heavy atom. The van der Waals surface area contributed by atoms with Crippen LogP contribution < -0.4 is 0 Å². The van der Waals surface area contributed by atoms with Crippen LogP contribution >= 0.6 is 23.2 Å². The van der Waals surface area contributed by atoms with E-state index in [4.69, 9.17) is 27.9 Å². The number of benzene rings is 2. The number of halogens is 3. The van der Waals surface area contributed by atoms with Crippen molar-refractivity contribution >= 4 is 45.0 Å². The highest BCUT2D eigenvalue weighted by Gasteiger charge is 2.33. The topological polar surface area (TPSA) is 80.8 Å². The molecule has 0 radical (unpaired) electrons. The summed E-state index contributed by atoms with van der Waals surface area (Å²) < 4.78 is 44.6. The number of carbonyl (C=O) groups is 2. The molecule has 0 saturated carbocycles. The maximum absolute atomic E-state index is 13.0. The summed E-state index contributed by atoms with van der Waals surface area (Å²) in [4.78, 5) is 24.5. The minimum Gasteiger partial charge on any atom is -0.457 e. The van der Waals surface area contributed by atoms with Gasteiger partial charge in [-0.05, 0) is 55.3 Å². The Morgan fingerprint density at radius 2 is 1.70 bits per heavy atom. The second-order valence-corrected chi connectivity index (χ2v) is 9.57. The van der Waals surface area contributed by atoms with E-state index in [1.807, 2.05) is 0 Å². The average Bonchev–Trinajstić information content (AvgIpc) is 2.72. The Bertz CT molecular complexity index is 1050. The van der Waals surface area contributed by atoms with Crippen LogP contribution in [0.15, 0.2) is 47.4 Å². The van der Waals surface area contributed by atoms with Gasteiger partial charge in [0.25, 0.3) is 0 Å². The van der Waals surface area contributed by atoms with Crippen molar-refractivity contribution in [2.75, 3.05) is 19.7 Å². The number of esters is 1. The number of rotatable bonds is 6. The smallest absolute Gasteiger partial charge is 0.309 e. The first-order valence-electron chi connectivity index (χ1n) is 9.09. The fourth-order valence-electron chi connectivity index (χ4n) is 3.14. The normalized spacial score (nSPS) is 15.7. The van der Waals surface area contributed by atoms with Gasteiger partial charge in [-0.15, -0.1) is 0 Å². The molecule has 0 atom stereocenters. The zero-order chi connectivity index (χ0) is 21.9. The summed E-state index contributed by atoms with van der Waals surface area (Å²) in [6, 6.07) is 8.98. The maximum Gasteiger partial charge on any atom is 0.309 e. The summed E-state index contributed by atoms with van der Waals surface area (Å²) in [6.07, 6.45) is 0.518. The van der Waals surface area contributed by atoms with Crippen molar-refractivity contribution in [3.8, 4) is 0 Å². The van der Waals surface area contributed by atoms with Crippen LogP contribution in [0.25, 0.3) is 0 Å². The zero-order valence-corrected chi connectivity index (χ0v) is 18.0. The SMILES string of the molecule is O=C(COC(=O)C1CCN(S(=O)(=O)c2ccc(F)cc2)CC1)c1ccc(Cl)cc1Cl. The van der Waals surface area contributed by atoms with E-state index in [-0.39, 0.29) is 41.4 Å². The van der Waals surface area contributed by atoms with Gasteiger partial charge in [-0.3, -0.25) is 9.59 Å². The number of piperidine rings is 1. The van der Waals surface area contributed by atoms with E-state index in [2.05, 4.69) is 0 Å². The van der Waals surface area contributed by atoms with Crippen LogP contribution in [0.2, 0.25) is 10.0 Å². The van der Waals surface area contributed by atoms with E-state index in [1.54, 1.807) is 0 Å². The minimum atomic E-state index is -3.76. The Hall–Kier alpha value is -2.00. The molecule has 0 spiro atoms. The van der Waals surface area contributed by atoms with Gasteiger partial charge in [0.05, 0.1) is 15.8 Å². The number of ketones is 1. The highest BCUT2D eigenvalue weighted by molar-refractivity contribution is 7.89. The minimum absolute atomic E-state index is 0.00429. The predicted molar refractivity (Wildman–Crippen MR) is 110 cm³/mol. The molecule has 1 aliphatic rings. The number of Topliss-reactive ketones (excluding diaryl/α,β-unsaturated/α-hetero) is 1. The van der Waals surface area contributed by atoms with E-state index < -0.39 is 40.1 Å². The molecule has 2 aromatic rings. The van der Waals surface area contributed by atoms with Crippen LogP contribution in [0.3, 0.4) is 0 Å². The molecular formula is C20H18Cl2FNO5S. The molecule has 0 bridgehead atoms. The first-order valence-corrected chi connectivity index (χ1v) is 11.3. The quantitative estimate of drug-likeness (QED) is 0.468. The van der Waals surface area contributed by atoms with Crippen molar-refractivity contribution in [2.24, 2.45) is 5.92 Å². The summed E-state index contributed by atoms with van der Waals surface area (Å²) in [5, 5.41) is 0.554. The molecule has 30 heavy (non-hydrogen) atoms. The van der Waals surface area contributed by atoms with E-state index in [1.165, 1.54) is 34.6 Å². The first kappa shape index (κ1) is 22.7. The molecule has 0 aromatic heterocycles. The predicted octanol–water partition coefficient (Wildman–Crippen LogP) is 3.96. The lowest BCUT2D eigenvalue weighted by Gasteiger charge is -2.30. The molecule has 1 fully saturated rings. The molecule has 0 aliphatic carbocycles. The average molecular weight is 474 g/mol. The molecule has 0 amide bonds. The standard InChI is InChI=1S/C20H18Cl2FNO5S/c21-14-1-6-17(18(22)11-14)19(25)12-29-20(26)13-7-9-24(10-8-13)30(27,28)16-4-2-15(23)3-5-16/h1-6,11,13H,7-10,12H2. The van der Waals surface area contributed by atoms with Gasteiger partial charge in [-0.2, -0.15) is 4.31 Å². The van der Waals surface area contributed by atoms with Crippen LogP contribution in [0, 0.1) is 11.7 Å². The Labute approximate surface area is 183 Å². The largest absolute Gasteiger partial charge is 0.457 e. The van der Waals surface area contributed by atoms with E-state index in [9.17, 15) is 22.4 Å². The van der Waals surface area contributed by atoms with Gasteiger partial charge >= 0.3 is 5.97 Å². The van der Waals surface area contributed by atoms with Crippen molar-refractivity contribution < 1.29 is 27.1 Å². The van der Waals surface area contributed by atoms with Crippen LogP contribution in [0.5, 0.6) is 0 Å². The van der Waals surface area contributed by atoms with E-state index >= 15 is 0 Å². The second-order valence-electron chi connectivity index (χ2n) is 6.79. The summed E-state index contributed by atoms with van der Waals surface area (Å²) in [7, 11) is -3.76. The molecule has 3 rings (SSSR count). The van der Waals surface area contributed by atoms with Gasteiger partial charge in [-0.1, -0.05) is 23.2 Å². The number of sulfonamides is 1. The molecule has 1 saturated heterocycles.